The third kappa shape index (κ3) is 5.08. The van der Waals surface area contributed by atoms with Crippen LogP contribution in [0.4, 0.5) is 0 Å². The summed E-state index contributed by atoms with van der Waals surface area (Å²) in [6.45, 7) is 6.28. The van der Waals surface area contributed by atoms with Crippen LogP contribution < -0.4 is 0 Å². The molecule has 0 saturated heterocycles. The summed E-state index contributed by atoms with van der Waals surface area (Å²) in [5, 5.41) is 0. The van der Waals surface area contributed by atoms with E-state index >= 15 is 0 Å². The SMILES string of the molecule is CC([TeH])COC(=O)C(C)C. The second-order valence-corrected chi connectivity index (χ2v) is 5.15. The van der Waals surface area contributed by atoms with Gasteiger partial charge in [0.2, 0.25) is 0 Å². The molecule has 0 amide bonds. The fraction of sp³-hybridized carbons (Fsp3) is 0.857. The standard InChI is InChI=1S/C7H14O2Te/c1-5(2)7(8)9-4-6(3)10/h5-6,10H,4H2,1-3H3. The van der Waals surface area contributed by atoms with Gasteiger partial charge in [-0.3, -0.25) is 0 Å². The molecular weight excluding hydrogens is 244 g/mol. The third-order valence-corrected chi connectivity index (χ3v) is 1.36. The van der Waals surface area contributed by atoms with Crippen LogP contribution in [0.1, 0.15) is 20.8 Å². The van der Waals surface area contributed by atoms with Crippen LogP contribution >= 0.6 is 0 Å². The van der Waals surface area contributed by atoms with Crippen molar-refractivity contribution in [2.24, 2.45) is 5.92 Å². The van der Waals surface area contributed by atoms with Crippen LogP contribution in [0, 0.1) is 5.92 Å². The maximum absolute atomic E-state index is 10.8. The van der Waals surface area contributed by atoms with E-state index < -0.39 is 0 Å². The summed E-state index contributed by atoms with van der Waals surface area (Å²) in [7, 11) is 0. The Hall–Kier alpha value is 0.260. The van der Waals surface area contributed by atoms with Gasteiger partial charge in [-0.05, 0) is 0 Å². The number of carbonyl (C=O) groups is 1. The predicted molar refractivity (Wildman–Crippen MR) is 42.4 cm³/mol. The molecule has 0 radical (unpaired) electrons. The van der Waals surface area contributed by atoms with Crippen molar-refractivity contribution < 1.29 is 9.53 Å². The van der Waals surface area contributed by atoms with Crippen LogP contribution in [0.5, 0.6) is 0 Å². The average Bonchev–Trinajstić information content (AvgIpc) is 1.82. The molecular formula is C7H14O2Te. The summed E-state index contributed by atoms with van der Waals surface area (Å²) in [6.07, 6.45) is 0. The summed E-state index contributed by atoms with van der Waals surface area (Å²) in [5.74, 6) is -0.0907. The summed E-state index contributed by atoms with van der Waals surface area (Å²) in [4.78, 5) is 10.8. The van der Waals surface area contributed by atoms with Crippen molar-refractivity contribution in [3.63, 3.8) is 0 Å². The van der Waals surface area contributed by atoms with E-state index in [1.54, 1.807) is 22.3 Å². The maximum atomic E-state index is 10.8. The zero-order chi connectivity index (χ0) is 8.15. The normalized spacial score (nSPS) is 13.3. The molecule has 0 aliphatic rings. The molecule has 0 aromatic carbocycles. The van der Waals surface area contributed by atoms with Gasteiger partial charge in [0.05, 0.1) is 0 Å². The number of ether oxygens (including phenoxy) is 1. The summed E-state index contributed by atoms with van der Waals surface area (Å²) >= 11 is 1.69. The van der Waals surface area contributed by atoms with Gasteiger partial charge < -0.3 is 0 Å². The van der Waals surface area contributed by atoms with Crippen LogP contribution in [0.15, 0.2) is 0 Å². The fourth-order valence-electron chi connectivity index (χ4n) is 0.369. The van der Waals surface area contributed by atoms with Crippen molar-refractivity contribution in [3.8, 4) is 0 Å². The first-order chi connectivity index (χ1) is 4.54. The molecule has 0 saturated carbocycles. The van der Waals surface area contributed by atoms with E-state index in [1.807, 2.05) is 20.8 Å². The first-order valence-electron chi connectivity index (χ1n) is 3.38. The number of hydrogen-bond acceptors (Lipinski definition) is 2. The molecule has 0 aliphatic heterocycles. The fourth-order valence-corrected chi connectivity index (χ4v) is 0.582. The molecule has 0 spiro atoms. The second kappa shape index (κ2) is 4.98. The average molecular weight is 258 g/mol. The molecule has 2 nitrogen and oxygen atoms in total. The number of hydrogen-bond donors (Lipinski definition) is 0. The van der Waals surface area contributed by atoms with Crippen molar-refractivity contribution >= 4 is 28.3 Å². The third-order valence-electron chi connectivity index (χ3n) is 0.938. The Labute approximate surface area is 75.2 Å². The van der Waals surface area contributed by atoms with Gasteiger partial charge in [0, 0.05) is 0 Å². The Kier molecular flexibility index (Phi) is 5.11. The van der Waals surface area contributed by atoms with Crippen LogP contribution in [0.2, 0.25) is 3.97 Å². The Balaban J connectivity index is 3.40. The Bertz CT molecular complexity index is 110. The van der Waals surface area contributed by atoms with Crippen molar-refractivity contribution in [2.75, 3.05) is 6.61 Å². The molecule has 10 heavy (non-hydrogen) atoms. The summed E-state index contributed by atoms with van der Waals surface area (Å²) in [6, 6.07) is 0. The molecule has 3 heteroatoms. The Morgan fingerprint density at radius 2 is 2.00 bits per heavy atom. The van der Waals surface area contributed by atoms with Crippen LogP contribution in [0.25, 0.3) is 0 Å². The second-order valence-electron chi connectivity index (χ2n) is 2.63. The van der Waals surface area contributed by atoms with Crippen LogP contribution in [-0.4, -0.2) is 34.9 Å². The van der Waals surface area contributed by atoms with Crippen molar-refractivity contribution in [1.82, 2.24) is 0 Å². The minimum absolute atomic E-state index is 0.00440. The molecule has 1 atom stereocenters. The van der Waals surface area contributed by atoms with Crippen molar-refractivity contribution in [2.45, 2.75) is 24.7 Å². The minimum atomic E-state index is -0.0951. The van der Waals surface area contributed by atoms with Crippen molar-refractivity contribution in [3.05, 3.63) is 0 Å². The van der Waals surface area contributed by atoms with Crippen LogP contribution in [0.3, 0.4) is 0 Å². The topological polar surface area (TPSA) is 26.3 Å². The summed E-state index contributed by atoms with van der Waals surface area (Å²) < 4.78 is 5.42. The first-order valence-corrected chi connectivity index (χ1v) is 4.86. The Morgan fingerprint density at radius 1 is 1.50 bits per heavy atom. The van der Waals surface area contributed by atoms with Gasteiger partial charge in [-0.25, -0.2) is 0 Å². The first kappa shape index (κ1) is 10.3. The van der Waals surface area contributed by atoms with E-state index in [4.69, 9.17) is 4.74 Å². The van der Waals surface area contributed by atoms with Gasteiger partial charge in [-0.15, -0.1) is 0 Å². The zero-order valence-electron chi connectivity index (χ0n) is 6.63. The van der Waals surface area contributed by atoms with Gasteiger partial charge in [0.25, 0.3) is 0 Å². The van der Waals surface area contributed by atoms with Gasteiger partial charge in [-0.2, -0.15) is 0 Å². The molecule has 0 N–H and O–H groups in total. The van der Waals surface area contributed by atoms with E-state index in [0.29, 0.717) is 10.6 Å². The van der Waals surface area contributed by atoms with Gasteiger partial charge in [0.1, 0.15) is 0 Å². The van der Waals surface area contributed by atoms with E-state index in [1.165, 1.54) is 0 Å². The van der Waals surface area contributed by atoms with E-state index in [0.717, 1.165) is 0 Å². The van der Waals surface area contributed by atoms with E-state index in [2.05, 4.69) is 0 Å². The summed E-state index contributed by atoms with van der Waals surface area (Å²) in [5.41, 5.74) is 0. The number of carbonyl (C=O) groups excluding carboxylic acids is 1. The molecule has 60 valence electrons. The molecule has 1 unspecified atom stereocenters. The van der Waals surface area contributed by atoms with Gasteiger partial charge >= 0.3 is 75.1 Å². The molecule has 0 bridgehead atoms. The van der Waals surface area contributed by atoms with E-state index in [-0.39, 0.29) is 11.9 Å². The van der Waals surface area contributed by atoms with Gasteiger partial charge in [-0.1, -0.05) is 0 Å². The molecule has 0 aliphatic carbocycles. The van der Waals surface area contributed by atoms with Crippen LogP contribution in [-0.2, 0) is 9.53 Å². The van der Waals surface area contributed by atoms with Crippen molar-refractivity contribution in [1.29, 1.82) is 0 Å². The quantitative estimate of drug-likeness (QED) is 0.555. The molecule has 0 fully saturated rings. The number of rotatable bonds is 3. The molecule has 0 aromatic rings. The van der Waals surface area contributed by atoms with E-state index in [9.17, 15) is 4.79 Å². The molecule has 0 rings (SSSR count). The molecule has 0 aromatic heterocycles. The zero-order valence-corrected chi connectivity index (χ0v) is 9.18. The number of esters is 1. The Morgan fingerprint density at radius 3 is 2.30 bits per heavy atom. The monoisotopic (exact) mass is 260 g/mol. The molecule has 0 heterocycles. The van der Waals surface area contributed by atoms with Gasteiger partial charge in [0.15, 0.2) is 0 Å². The predicted octanol–water partition coefficient (Wildman–Crippen LogP) is 0.895.